The van der Waals surface area contributed by atoms with Gasteiger partial charge in [0.25, 0.3) is 0 Å². The molecule has 7 heteroatoms. The van der Waals surface area contributed by atoms with Gasteiger partial charge in [0.1, 0.15) is 11.6 Å². The van der Waals surface area contributed by atoms with Crippen LogP contribution in [0.15, 0.2) is 30.3 Å². The fourth-order valence-corrected chi connectivity index (χ4v) is 4.62. The van der Waals surface area contributed by atoms with Crippen molar-refractivity contribution < 1.29 is 23.4 Å². The lowest BCUT2D eigenvalue weighted by atomic mass is 9.87. The van der Waals surface area contributed by atoms with Crippen molar-refractivity contribution in [2.75, 3.05) is 18.5 Å². The second-order valence-electron chi connectivity index (χ2n) is 8.87. The van der Waals surface area contributed by atoms with Gasteiger partial charge in [0, 0.05) is 37.4 Å². The zero-order chi connectivity index (χ0) is 22.6. The number of aryl methyl sites for hydroxylation is 2. The number of carboxylic acids is 1. The number of alkyl halides is 2. The first-order chi connectivity index (χ1) is 15.4. The van der Waals surface area contributed by atoms with Gasteiger partial charge < -0.3 is 15.2 Å². The summed E-state index contributed by atoms with van der Waals surface area (Å²) >= 11 is 0. The number of aromatic nitrogens is 1. The van der Waals surface area contributed by atoms with Crippen LogP contribution in [-0.4, -0.2) is 35.1 Å². The highest BCUT2D eigenvalue weighted by Crippen LogP contribution is 2.38. The Morgan fingerprint density at radius 1 is 1.19 bits per heavy atom. The van der Waals surface area contributed by atoms with Crippen LogP contribution in [0.3, 0.4) is 0 Å². The third-order valence-electron chi connectivity index (χ3n) is 6.33. The molecule has 0 unspecified atom stereocenters. The predicted molar refractivity (Wildman–Crippen MR) is 119 cm³/mol. The first-order valence-corrected chi connectivity index (χ1v) is 11.5. The summed E-state index contributed by atoms with van der Waals surface area (Å²) in [6.45, 7) is 1.50. The van der Waals surface area contributed by atoms with Crippen molar-refractivity contribution >= 4 is 11.8 Å². The molecular formula is C25H30F2N2O3. The lowest BCUT2D eigenvalue weighted by Gasteiger charge is -2.23. The van der Waals surface area contributed by atoms with E-state index in [1.807, 2.05) is 12.1 Å². The van der Waals surface area contributed by atoms with E-state index in [-0.39, 0.29) is 12.8 Å². The number of hydrogen-bond acceptors (Lipinski definition) is 4. The summed E-state index contributed by atoms with van der Waals surface area (Å²) in [5.41, 5.74) is 3.79. The number of nitrogens with one attached hydrogen (secondary N) is 1. The second kappa shape index (κ2) is 9.84. The lowest BCUT2D eigenvalue weighted by Crippen LogP contribution is -2.22. The maximum atomic E-state index is 14.8. The summed E-state index contributed by atoms with van der Waals surface area (Å²) in [5.74, 6) is -3.13. The Labute approximate surface area is 187 Å². The van der Waals surface area contributed by atoms with Gasteiger partial charge in [-0.1, -0.05) is 18.2 Å². The fourth-order valence-electron chi connectivity index (χ4n) is 4.62. The highest BCUT2D eigenvalue weighted by atomic mass is 19.3. The van der Waals surface area contributed by atoms with Crippen LogP contribution in [0.4, 0.5) is 14.6 Å². The van der Waals surface area contributed by atoms with Crippen LogP contribution in [0.25, 0.3) is 0 Å². The van der Waals surface area contributed by atoms with Crippen LogP contribution >= 0.6 is 0 Å². The van der Waals surface area contributed by atoms with Gasteiger partial charge in [-0.15, -0.1) is 0 Å². The summed E-state index contributed by atoms with van der Waals surface area (Å²) < 4.78 is 35.1. The van der Waals surface area contributed by atoms with Gasteiger partial charge in [0.2, 0.25) is 5.92 Å². The lowest BCUT2D eigenvalue weighted by molar-refractivity contribution is -0.138. The Kier molecular flexibility index (Phi) is 6.92. The van der Waals surface area contributed by atoms with Crippen molar-refractivity contribution in [1.82, 2.24) is 4.98 Å². The number of halogens is 2. The molecule has 4 rings (SSSR count). The average Bonchev–Trinajstić information content (AvgIpc) is 3.24. The first-order valence-electron chi connectivity index (χ1n) is 11.5. The average molecular weight is 445 g/mol. The number of anilines is 1. The van der Waals surface area contributed by atoms with Crippen molar-refractivity contribution in [2.45, 2.75) is 69.6 Å². The van der Waals surface area contributed by atoms with Gasteiger partial charge in [0.15, 0.2) is 0 Å². The van der Waals surface area contributed by atoms with Crippen molar-refractivity contribution in [2.24, 2.45) is 0 Å². The number of hydrogen-bond donors (Lipinski definition) is 2. The molecule has 172 valence electrons. The molecule has 5 nitrogen and oxygen atoms in total. The van der Waals surface area contributed by atoms with E-state index >= 15 is 0 Å². The molecule has 0 saturated carbocycles. The highest BCUT2D eigenvalue weighted by Gasteiger charge is 2.34. The molecule has 32 heavy (non-hydrogen) atoms. The molecule has 0 aliphatic carbocycles. The van der Waals surface area contributed by atoms with Crippen molar-refractivity contribution in [3.8, 4) is 5.75 Å². The minimum absolute atomic E-state index is 0.256. The van der Waals surface area contributed by atoms with Gasteiger partial charge in [-0.25, -0.2) is 13.8 Å². The molecule has 0 bridgehead atoms. The molecule has 2 aliphatic heterocycles. The van der Waals surface area contributed by atoms with Crippen LogP contribution in [0, 0.1) is 0 Å². The summed E-state index contributed by atoms with van der Waals surface area (Å²) in [5, 5.41) is 12.6. The number of carbonyl (C=O) groups is 1. The van der Waals surface area contributed by atoms with Crippen molar-refractivity contribution in [1.29, 1.82) is 0 Å². The molecule has 2 N–H and O–H groups in total. The molecule has 0 amide bonds. The number of benzene rings is 1. The summed E-state index contributed by atoms with van der Waals surface area (Å²) in [4.78, 5) is 16.0. The van der Waals surface area contributed by atoms with E-state index in [9.17, 15) is 18.7 Å². The molecule has 2 aromatic rings. The van der Waals surface area contributed by atoms with Crippen LogP contribution in [0.5, 0.6) is 5.75 Å². The Morgan fingerprint density at radius 2 is 2.03 bits per heavy atom. The van der Waals surface area contributed by atoms with E-state index in [1.54, 1.807) is 12.1 Å². The van der Waals surface area contributed by atoms with Crippen LogP contribution in [0.1, 0.15) is 66.8 Å². The first kappa shape index (κ1) is 22.5. The van der Waals surface area contributed by atoms with E-state index < -0.39 is 24.2 Å². The third-order valence-corrected chi connectivity index (χ3v) is 6.33. The van der Waals surface area contributed by atoms with E-state index in [4.69, 9.17) is 4.74 Å². The maximum Gasteiger partial charge on any atom is 0.303 e. The van der Waals surface area contributed by atoms with Crippen LogP contribution in [-0.2, 0) is 24.1 Å². The minimum Gasteiger partial charge on any atom is -0.493 e. The van der Waals surface area contributed by atoms with Crippen LogP contribution in [0.2, 0.25) is 0 Å². The molecule has 1 atom stereocenters. The number of fused-ring (bicyclic) bond motifs is 2. The fraction of sp³-hybridized carbons (Fsp3) is 0.520. The van der Waals surface area contributed by atoms with E-state index in [1.165, 1.54) is 5.56 Å². The normalized spacial score (nSPS) is 15.9. The quantitative estimate of drug-likeness (QED) is 0.482. The van der Waals surface area contributed by atoms with E-state index in [0.717, 1.165) is 42.9 Å². The topological polar surface area (TPSA) is 71.5 Å². The molecule has 3 heterocycles. The Balaban J connectivity index is 1.32. The molecule has 1 aromatic heterocycles. The number of ether oxygens (including phenoxy) is 1. The third kappa shape index (κ3) is 5.75. The highest BCUT2D eigenvalue weighted by molar-refractivity contribution is 5.68. The SMILES string of the molecule is O=C(O)C[C@H](CC(F)(F)CCCCc1ccc2c(n1)NCCC2)c1ccc2c(c1)OCC2. The Morgan fingerprint density at radius 3 is 2.88 bits per heavy atom. The Bertz CT molecular complexity index is 964. The number of rotatable bonds is 10. The summed E-state index contributed by atoms with van der Waals surface area (Å²) in [6.07, 6.45) is 3.52. The summed E-state index contributed by atoms with van der Waals surface area (Å²) in [6, 6.07) is 9.44. The molecule has 0 spiro atoms. The van der Waals surface area contributed by atoms with E-state index in [2.05, 4.69) is 16.4 Å². The van der Waals surface area contributed by atoms with Crippen molar-refractivity contribution in [3.63, 3.8) is 0 Å². The largest absolute Gasteiger partial charge is 0.493 e. The number of pyridine rings is 1. The molecular weight excluding hydrogens is 414 g/mol. The summed E-state index contributed by atoms with van der Waals surface area (Å²) in [7, 11) is 0. The maximum absolute atomic E-state index is 14.8. The van der Waals surface area contributed by atoms with Gasteiger partial charge in [0.05, 0.1) is 13.0 Å². The van der Waals surface area contributed by atoms with Crippen molar-refractivity contribution in [3.05, 3.63) is 52.7 Å². The molecule has 0 fully saturated rings. The zero-order valence-corrected chi connectivity index (χ0v) is 18.2. The molecule has 1 aromatic carbocycles. The number of aliphatic carboxylic acids is 1. The number of carboxylic acid groups (broad SMARTS) is 1. The zero-order valence-electron chi connectivity index (χ0n) is 18.2. The van der Waals surface area contributed by atoms with Gasteiger partial charge in [-0.05, 0) is 60.9 Å². The van der Waals surface area contributed by atoms with E-state index in [0.29, 0.717) is 37.2 Å². The van der Waals surface area contributed by atoms with Gasteiger partial charge in [-0.2, -0.15) is 0 Å². The molecule has 0 saturated heterocycles. The van der Waals surface area contributed by atoms with Gasteiger partial charge >= 0.3 is 5.97 Å². The second-order valence-corrected chi connectivity index (χ2v) is 8.87. The minimum atomic E-state index is -2.93. The number of unbranched alkanes of at least 4 members (excludes halogenated alkanes) is 1. The van der Waals surface area contributed by atoms with Crippen LogP contribution < -0.4 is 10.1 Å². The molecule has 0 radical (unpaired) electrons. The number of nitrogens with zero attached hydrogens (tertiary/aromatic N) is 1. The monoisotopic (exact) mass is 444 g/mol. The Hall–Kier alpha value is -2.70. The standard InChI is InChI=1S/C25H30F2N2O3/c26-25(27,11-2-1-5-21-9-8-18-4-3-12-28-24(18)29-21)16-20(15-23(30)31)19-7-6-17-10-13-32-22(17)14-19/h6-9,14,20H,1-5,10-13,15-16H2,(H,28,29)(H,30,31)/t20-/m1/s1. The molecule has 2 aliphatic rings. The smallest absolute Gasteiger partial charge is 0.303 e. The van der Waals surface area contributed by atoms with Gasteiger partial charge in [-0.3, -0.25) is 4.79 Å². The predicted octanol–water partition coefficient (Wildman–Crippen LogP) is 5.37.